The summed E-state index contributed by atoms with van der Waals surface area (Å²) >= 11 is 1.55. The van der Waals surface area contributed by atoms with Crippen molar-refractivity contribution in [3.63, 3.8) is 0 Å². The van der Waals surface area contributed by atoms with Gasteiger partial charge in [0.05, 0.1) is 11.2 Å². The number of amides is 1. The standard InChI is InChI=1S/C10H13N5OS/c11-9-2-4-15(14-9)5-10(16)12-3-1-8-6-17-7-13-8/h2,4,6-7H,1,3,5H2,(H2,11,14)(H,12,16). The third kappa shape index (κ3) is 3.56. The van der Waals surface area contributed by atoms with Crippen LogP contribution in [0.1, 0.15) is 5.69 Å². The Hall–Kier alpha value is -1.89. The van der Waals surface area contributed by atoms with Gasteiger partial charge in [-0.05, 0) is 6.07 Å². The molecule has 7 heteroatoms. The molecule has 0 fully saturated rings. The highest BCUT2D eigenvalue weighted by atomic mass is 32.1. The van der Waals surface area contributed by atoms with Crippen molar-refractivity contribution in [2.75, 3.05) is 12.3 Å². The molecule has 0 unspecified atom stereocenters. The van der Waals surface area contributed by atoms with Crippen LogP contribution in [0.3, 0.4) is 0 Å². The summed E-state index contributed by atoms with van der Waals surface area (Å²) in [6.45, 7) is 0.771. The first-order valence-corrected chi connectivity index (χ1v) is 6.11. The smallest absolute Gasteiger partial charge is 0.241 e. The molecule has 0 aromatic carbocycles. The van der Waals surface area contributed by atoms with Gasteiger partial charge in [-0.2, -0.15) is 5.10 Å². The number of hydrogen-bond acceptors (Lipinski definition) is 5. The molecule has 0 bridgehead atoms. The van der Waals surface area contributed by atoms with Crippen LogP contribution in [0.4, 0.5) is 5.82 Å². The Morgan fingerprint density at radius 2 is 2.47 bits per heavy atom. The second kappa shape index (κ2) is 5.44. The van der Waals surface area contributed by atoms with Crippen LogP contribution in [0.5, 0.6) is 0 Å². The predicted octanol–water partition coefficient (Wildman–Crippen LogP) is 0.281. The molecule has 0 saturated carbocycles. The van der Waals surface area contributed by atoms with Crippen LogP contribution in [0, 0.1) is 0 Å². The van der Waals surface area contributed by atoms with E-state index in [2.05, 4.69) is 15.4 Å². The highest BCUT2D eigenvalue weighted by molar-refractivity contribution is 7.07. The second-order valence-electron chi connectivity index (χ2n) is 3.52. The number of nitrogens with two attached hydrogens (primary N) is 1. The number of nitrogens with one attached hydrogen (secondary N) is 1. The Balaban J connectivity index is 1.71. The number of rotatable bonds is 5. The second-order valence-corrected chi connectivity index (χ2v) is 4.24. The van der Waals surface area contributed by atoms with Crippen molar-refractivity contribution in [2.45, 2.75) is 13.0 Å². The molecule has 1 amide bonds. The summed E-state index contributed by atoms with van der Waals surface area (Å²) in [5.74, 6) is 0.337. The summed E-state index contributed by atoms with van der Waals surface area (Å²) < 4.78 is 1.51. The molecule has 0 aliphatic carbocycles. The van der Waals surface area contributed by atoms with Crippen molar-refractivity contribution in [3.8, 4) is 0 Å². The van der Waals surface area contributed by atoms with Gasteiger partial charge >= 0.3 is 0 Å². The highest BCUT2D eigenvalue weighted by Gasteiger charge is 2.03. The summed E-state index contributed by atoms with van der Waals surface area (Å²) in [5, 5.41) is 8.71. The van der Waals surface area contributed by atoms with Gasteiger partial charge in [0.1, 0.15) is 12.4 Å². The van der Waals surface area contributed by atoms with Gasteiger partial charge in [0.15, 0.2) is 0 Å². The maximum Gasteiger partial charge on any atom is 0.241 e. The van der Waals surface area contributed by atoms with Crippen LogP contribution >= 0.6 is 11.3 Å². The first-order valence-electron chi connectivity index (χ1n) is 5.17. The average Bonchev–Trinajstić information content (AvgIpc) is 2.90. The maximum atomic E-state index is 11.5. The van der Waals surface area contributed by atoms with Crippen LogP contribution in [-0.4, -0.2) is 27.2 Å². The Bertz CT molecular complexity index is 479. The van der Waals surface area contributed by atoms with Crippen molar-refractivity contribution in [1.29, 1.82) is 0 Å². The molecule has 0 atom stereocenters. The first-order chi connectivity index (χ1) is 8.24. The largest absolute Gasteiger partial charge is 0.382 e. The van der Waals surface area contributed by atoms with Crippen molar-refractivity contribution >= 4 is 23.1 Å². The number of anilines is 1. The fourth-order valence-corrected chi connectivity index (χ4v) is 1.95. The van der Waals surface area contributed by atoms with Gasteiger partial charge in [0.25, 0.3) is 0 Å². The van der Waals surface area contributed by atoms with E-state index in [0.29, 0.717) is 12.4 Å². The maximum absolute atomic E-state index is 11.5. The monoisotopic (exact) mass is 251 g/mol. The summed E-state index contributed by atoms with van der Waals surface area (Å²) in [6, 6.07) is 1.66. The molecule has 0 saturated heterocycles. The molecule has 2 heterocycles. The zero-order chi connectivity index (χ0) is 12.1. The summed E-state index contributed by atoms with van der Waals surface area (Å²) in [6.07, 6.45) is 2.42. The number of carbonyl (C=O) groups is 1. The molecule has 0 radical (unpaired) electrons. The number of thiazole rings is 1. The van der Waals surface area contributed by atoms with Crippen LogP contribution in [-0.2, 0) is 17.8 Å². The zero-order valence-electron chi connectivity index (χ0n) is 9.17. The third-order valence-corrected chi connectivity index (χ3v) is 2.79. The summed E-state index contributed by atoms with van der Waals surface area (Å²) in [4.78, 5) is 15.7. The predicted molar refractivity (Wildman–Crippen MR) is 65.5 cm³/mol. The van der Waals surface area contributed by atoms with Crippen molar-refractivity contribution in [3.05, 3.63) is 28.8 Å². The number of aromatic nitrogens is 3. The molecule has 2 aromatic heterocycles. The molecule has 6 nitrogen and oxygen atoms in total. The van der Waals surface area contributed by atoms with E-state index in [1.807, 2.05) is 5.38 Å². The van der Waals surface area contributed by atoms with Crippen molar-refractivity contribution in [1.82, 2.24) is 20.1 Å². The first kappa shape index (κ1) is 11.6. The minimum absolute atomic E-state index is 0.0803. The summed E-state index contributed by atoms with van der Waals surface area (Å²) in [5.41, 5.74) is 8.23. The van der Waals surface area contributed by atoms with E-state index in [1.54, 1.807) is 29.1 Å². The fraction of sp³-hybridized carbons (Fsp3) is 0.300. The summed E-state index contributed by atoms with van der Waals surface area (Å²) in [7, 11) is 0. The van der Waals surface area contributed by atoms with E-state index in [-0.39, 0.29) is 12.5 Å². The van der Waals surface area contributed by atoms with Gasteiger partial charge < -0.3 is 11.1 Å². The zero-order valence-corrected chi connectivity index (χ0v) is 9.98. The van der Waals surface area contributed by atoms with Crippen LogP contribution in [0.25, 0.3) is 0 Å². The average molecular weight is 251 g/mol. The van der Waals surface area contributed by atoms with E-state index in [4.69, 9.17) is 5.73 Å². The SMILES string of the molecule is Nc1ccn(CC(=O)NCCc2cscn2)n1. The molecule has 90 valence electrons. The fourth-order valence-electron chi connectivity index (χ4n) is 1.36. The number of hydrogen-bond donors (Lipinski definition) is 2. The van der Waals surface area contributed by atoms with E-state index < -0.39 is 0 Å². The minimum atomic E-state index is -0.0803. The van der Waals surface area contributed by atoms with Gasteiger partial charge in [0, 0.05) is 24.5 Å². The minimum Gasteiger partial charge on any atom is -0.382 e. The van der Waals surface area contributed by atoms with Crippen LogP contribution in [0.15, 0.2) is 23.2 Å². The molecule has 2 aromatic rings. The Labute approximate surface area is 102 Å². The molecule has 0 aliphatic rings. The van der Waals surface area contributed by atoms with Crippen molar-refractivity contribution in [2.24, 2.45) is 0 Å². The lowest BCUT2D eigenvalue weighted by molar-refractivity contribution is -0.121. The lowest BCUT2D eigenvalue weighted by Crippen LogP contribution is -2.29. The third-order valence-electron chi connectivity index (χ3n) is 2.15. The topological polar surface area (TPSA) is 85.8 Å². The van der Waals surface area contributed by atoms with E-state index in [0.717, 1.165) is 12.1 Å². The molecule has 3 N–H and O–H groups in total. The molecule has 0 spiro atoms. The number of carbonyl (C=O) groups excluding carboxylic acids is 1. The van der Waals surface area contributed by atoms with Crippen LogP contribution < -0.4 is 11.1 Å². The molecule has 17 heavy (non-hydrogen) atoms. The van der Waals surface area contributed by atoms with Crippen LogP contribution in [0.2, 0.25) is 0 Å². The quantitative estimate of drug-likeness (QED) is 0.799. The van der Waals surface area contributed by atoms with Gasteiger partial charge in [-0.1, -0.05) is 0 Å². The Morgan fingerprint density at radius 1 is 1.59 bits per heavy atom. The molecular formula is C10H13N5OS. The van der Waals surface area contributed by atoms with Gasteiger partial charge in [-0.15, -0.1) is 11.3 Å². The Morgan fingerprint density at radius 3 is 3.12 bits per heavy atom. The van der Waals surface area contributed by atoms with E-state index in [1.165, 1.54) is 4.68 Å². The van der Waals surface area contributed by atoms with Gasteiger partial charge in [0.2, 0.25) is 5.91 Å². The molecular weight excluding hydrogens is 238 g/mol. The lowest BCUT2D eigenvalue weighted by atomic mass is 10.3. The highest BCUT2D eigenvalue weighted by Crippen LogP contribution is 2.00. The van der Waals surface area contributed by atoms with Gasteiger partial charge in [-0.25, -0.2) is 4.98 Å². The van der Waals surface area contributed by atoms with Crippen molar-refractivity contribution < 1.29 is 4.79 Å². The Kier molecular flexibility index (Phi) is 3.71. The van der Waals surface area contributed by atoms with E-state index >= 15 is 0 Å². The lowest BCUT2D eigenvalue weighted by Gasteiger charge is -2.03. The van der Waals surface area contributed by atoms with E-state index in [9.17, 15) is 4.79 Å². The normalized spacial score (nSPS) is 10.4. The van der Waals surface area contributed by atoms with Gasteiger partial charge in [-0.3, -0.25) is 9.48 Å². The molecule has 2 rings (SSSR count). The molecule has 0 aliphatic heterocycles. The number of nitrogen functional groups attached to an aromatic ring is 1. The number of nitrogens with zero attached hydrogens (tertiary/aromatic N) is 3.